The highest BCUT2D eigenvalue weighted by Gasteiger charge is 2.12. The Balaban J connectivity index is 1.70. The van der Waals surface area contributed by atoms with Crippen molar-refractivity contribution in [2.45, 2.75) is 13.3 Å². The number of ether oxygens (including phenoxy) is 1. The van der Waals surface area contributed by atoms with Gasteiger partial charge in [0, 0.05) is 5.56 Å². The monoisotopic (exact) mass is 322 g/mol. The molecule has 0 atom stereocenters. The molecule has 0 saturated heterocycles. The Bertz CT molecular complexity index is 841. The molecule has 1 amide bonds. The number of aromatic nitrogens is 1. The maximum absolute atomic E-state index is 12.3. The molecule has 0 radical (unpaired) electrons. The van der Waals surface area contributed by atoms with E-state index in [9.17, 15) is 4.79 Å². The van der Waals surface area contributed by atoms with E-state index >= 15 is 0 Å². The van der Waals surface area contributed by atoms with Crippen LogP contribution in [-0.2, 0) is 11.2 Å². The number of oxazole rings is 1. The molecule has 24 heavy (non-hydrogen) atoms. The van der Waals surface area contributed by atoms with Crippen LogP contribution < -0.4 is 10.1 Å². The van der Waals surface area contributed by atoms with Gasteiger partial charge in [0.2, 0.25) is 11.8 Å². The molecule has 0 bridgehead atoms. The van der Waals surface area contributed by atoms with Gasteiger partial charge in [-0.05, 0) is 36.8 Å². The van der Waals surface area contributed by atoms with Gasteiger partial charge in [-0.1, -0.05) is 24.3 Å². The van der Waals surface area contributed by atoms with E-state index in [1.807, 2.05) is 55.5 Å². The fourth-order valence-electron chi connectivity index (χ4n) is 2.38. The number of carbonyl (C=O) groups is 1. The number of rotatable bonds is 5. The minimum absolute atomic E-state index is 0.132. The summed E-state index contributed by atoms with van der Waals surface area (Å²) in [5.41, 5.74) is 3.15. The average Bonchev–Trinajstić information content (AvgIpc) is 3.04. The van der Waals surface area contributed by atoms with Crippen molar-refractivity contribution in [2.24, 2.45) is 0 Å². The highest BCUT2D eigenvalue weighted by atomic mass is 16.5. The van der Waals surface area contributed by atoms with Crippen LogP contribution >= 0.6 is 0 Å². The third-order valence-electron chi connectivity index (χ3n) is 3.54. The molecule has 5 heteroatoms. The average molecular weight is 322 g/mol. The molecule has 1 heterocycles. The first-order valence-corrected chi connectivity index (χ1v) is 7.60. The summed E-state index contributed by atoms with van der Waals surface area (Å²) in [6, 6.07) is 15.2. The van der Waals surface area contributed by atoms with Gasteiger partial charge >= 0.3 is 0 Å². The number of methoxy groups -OCH3 is 1. The van der Waals surface area contributed by atoms with Crippen LogP contribution in [0.4, 0.5) is 5.69 Å². The smallest absolute Gasteiger partial charge is 0.230 e. The van der Waals surface area contributed by atoms with Crippen molar-refractivity contribution >= 4 is 11.6 Å². The lowest BCUT2D eigenvalue weighted by atomic mass is 10.2. The zero-order valence-corrected chi connectivity index (χ0v) is 13.6. The molecule has 0 spiro atoms. The summed E-state index contributed by atoms with van der Waals surface area (Å²) in [7, 11) is 1.57. The topological polar surface area (TPSA) is 64.4 Å². The Morgan fingerprint density at radius 3 is 2.75 bits per heavy atom. The fourth-order valence-corrected chi connectivity index (χ4v) is 2.38. The third-order valence-corrected chi connectivity index (χ3v) is 3.54. The van der Waals surface area contributed by atoms with Gasteiger partial charge in [-0.15, -0.1) is 0 Å². The molecule has 0 aliphatic carbocycles. The highest BCUT2D eigenvalue weighted by Crippen LogP contribution is 2.25. The van der Waals surface area contributed by atoms with Crippen LogP contribution in [0, 0.1) is 6.92 Å². The summed E-state index contributed by atoms with van der Waals surface area (Å²) in [5.74, 6) is 0.956. The molecule has 2 aromatic carbocycles. The first-order valence-electron chi connectivity index (χ1n) is 7.60. The molecule has 0 aliphatic rings. The number of anilines is 1. The van der Waals surface area contributed by atoms with Crippen molar-refractivity contribution in [1.29, 1.82) is 0 Å². The number of hydrogen-bond donors (Lipinski definition) is 1. The number of aryl methyl sites for hydroxylation is 1. The van der Waals surface area contributed by atoms with Crippen molar-refractivity contribution in [2.75, 3.05) is 12.4 Å². The number of carbonyl (C=O) groups excluding carboxylic acids is 1. The molecule has 1 N–H and O–H groups in total. The normalized spacial score (nSPS) is 10.4. The lowest BCUT2D eigenvalue weighted by molar-refractivity contribution is -0.115. The molecule has 5 nitrogen and oxygen atoms in total. The van der Waals surface area contributed by atoms with Crippen LogP contribution in [-0.4, -0.2) is 18.0 Å². The molecule has 122 valence electrons. The quantitative estimate of drug-likeness (QED) is 0.775. The van der Waals surface area contributed by atoms with Crippen LogP contribution in [0.25, 0.3) is 11.5 Å². The van der Waals surface area contributed by atoms with Crippen molar-refractivity contribution in [3.05, 3.63) is 66.1 Å². The molecular formula is C19H18N2O3. The zero-order valence-electron chi connectivity index (χ0n) is 13.6. The summed E-state index contributed by atoms with van der Waals surface area (Å²) in [6.07, 6.45) is 1.64. The Hall–Kier alpha value is -3.08. The van der Waals surface area contributed by atoms with Gasteiger partial charge in [0.25, 0.3) is 0 Å². The minimum Gasteiger partial charge on any atom is -0.495 e. The number of nitrogens with one attached hydrogen (secondary N) is 1. The standard InChI is InChI=1S/C19H18N2O3/c1-13-8-9-17(23-2)16(10-13)21-18(22)11-15-12-24-19(20-15)14-6-4-3-5-7-14/h3-10,12H,11H2,1-2H3,(H,21,22). The van der Waals surface area contributed by atoms with E-state index in [0.29, 0.717) is 23.0 Å². The van der Waals surface area contributed by atoms with Gasteiger partial charge in [0.05, 0.1) is 24.9 Å². The summed E-state index contributed by atoms with van der Waals surface area (Å²) >= 11 is 0. The Kier molecular flexibility index (Phi) is 4.61. The van der Waals surface area contributed by atoms with E-state index in [1.165, 1.54) is 6.26 Å². The van der Waals surface area contributed by atoms with Gasteiger partial charge in [-0.25, -0.2) is 4.98 Å². The zero-order chi connectivity index (χ0) is 16.9. The molecule has 0 aliphatic heterocycles. The van der Waals surface area contributed by atoms with Crippen LogP contribution in [0.2, 0.25) is 0 Å². The Morgan fingerprint density at radius 1 is 1.21 bits per heavy atom. The highest BCUT2D eigenvalue weighted by molar-refractivity contribution is 5.93. The molecule has 0 saturated carbocycles. The molecule has 0 unspecified atom stereocenters. The van der Waals surface area contributed by atoms with E-state index in [4.69, 9.17) is 9.15 Å². The molecule has 0 fully saturated rings. The lowest BCUT2D eigenvalue weighted by Gasteiger charge is -2.10. The SMILES string of the molecule is COc1ccc(C)cc1NC(=O)Cc1coc(-c2ccccc2)n1. The Morgan fingerprint density at radius 2 is 2.00 bits per heavy atom. The number of hydrogen-bond acceptors (Lipinski definition) is 4. The van der Waals surface area contributed by atoms with E-state index in [1.54, 1.807) is 7.11 Å². The van der Waals surface area contributed by atoms with Gasteiger partial charge in [0.1, 0.15) is 12.0 Å². The van der Waals surface area contributed by atoms with Crippen molar-refractivity contribution in [3.8, 4) is 17.2 Å². The summed E-state index contributed by atoms with van der Waals surface area (Å²) in [4.78, 5) is 16.6. The van der Waals surface area contributed by atoms with Crippen molar-refractivity contribution in [3.63, 3.8) is 0 Å². The van der Waals surface area contributed by atoms with Crippen LogP contribution in [0.3, 0.4) is 0 Å². The van der Waals surface area contributed by atoms with Gasteiger partial charge in [-0.3, -0.25) is 4.79 Å². The van der Waals surface area contributed by atoms with E-state index in [0.717, 1.165) is 11.1 Å². The van der Waals surface area contributed by atoms with Gasteiger partial charge in [-0.2, -0.15) is 0 Å². The first kappa shape index (κ1) is 15.8. The maximum Gasteiger partial charge on any atom is 0.230 e. The maximum atomic E-state index is 12.3. The fraction of sp³-hybridized carbons (Fsp3) is 0.158. The second-order valence-corrected chi connectivity index (χ2v) is 5.44. The number of nitrogens with zero attached hydrogens (tertiary/aromatic N) is 1. The van der Waals surface area contributed by atoms with E-state index in [-0.39, 0.29) is 12.3 Å². The molecule has 3 aromatic rings. The second-order valence-electron chi connectivity index (χ2n) is 5.44. The minimum atomic E-state index is -0.174. The first-order chi connectivity index (χ1) is 11.7. The number of amides is 1. The van der Waals surface area contributed by atoms with Crippen molar-refractivity contribution in [1.82, 2.24) is 4.98 Å². The molecule has 3 rings (SSSR count). The summed E-state index contributed by atoms with van der Waals surface area (Å²) in [6.45, 7) is 1.96. The second kappa shape index (κ2) is 7.00. The summed E-state index contributed by atoms with van der Waals surface area (Å²) in [5, 5.41) is 2.85. The van der Waals surface area contributed by atoms with Crippen molar-refractivity contribution < 1.29 is 13.9 Å². The lowest BCUT2D eigenvalue weighted by Crippen LogP contribution is -2.15. The Labute approximate surface area is 140 Å². The molecule has 1 aromatic heterocycles. The van der Waals surface area contributed by atoms with E-state index < -0.39 is 0 Å². The summed E-state index contributed by atoms with van der Waals surface area (Å²) < 4.78 is 10.7. The van der Waals surface area contributed by atoms with Gasteiger partial charge in [0.15, 0.2) is 0 Å². The van der Waals surface area contributed by atoms with E-state index in [2.05, 4.69) is 10.3 Å². The van der Waals surface area contributed by atoms with Crippen LogP contribution in [0.1, 0.15) is 11.3 Å². The third kappa shape index (κ3) is 3.63. The van der Waals surface area contributed by atoms with Gasteiger partial charge < -0.3 is 14.5 Å². The van der Waals surface area contributed by atoms with Crippen LogP contribution in [0.5, 0.6) is 5.75 Å². The van der Waals surface area contributed by atoms with Crippen LogP contribution in [0.15, 0.2) is 59.2 Å². The predicted molar refractivity (Wildman–Crippen MR) is 92.0 cm³/mol. The number of benzene rings is 2. The largest absolute Gasteiger partial charge is 0.495 e. The predicted octanol–water partition coefficient (Wildman–Crippen LogP) is 3.84. The molecular weight excluding hydrogens is 304 g/mol.